The van der Waals surface area contributed by atoms with Crippen LogP contribution < -0.4 is 38.5 Å². The summed E-state index contributed by atoms with van der Waals surface area (Å²) in [7, 11) is 0. The number of primary amides is 1. The summed E-state index contributed by atoms with van der Waals surface area (Å²) >= 11 is 0. The van der Waals surface area contributed by atoms with E-state index in [9.17, 15) is 33.5 Å². The van der Waals surface area contributed by atoms with E-state index in [1.165, 1.54) is 36.8 Å². The van der Waals surface area contributed by atoms with E-state index in [1.807, 2.05) is 18.2 Å². The number of H-pyrrole nitrogens is 2. The molecule has 0 aliphatic carbocycles. The molecule has 270 valence electrons. The Bertz CT molecular complexity index is 1840. The number of carbonyl (C=O) groups excluding carboxylic acids is 4. The highest BCUT2D eigenvalue weighted by atomic mass is 19.1. The fourth-order valence-corrected chi connectivity index (χ4v) is 5.37. The van der Waals surface area contributed by atoms with Gasteiger partial charge in [-0.3, -0.25) is 19.4 Å². The number of nitrogens with one attached hydrogen (secondary N) is 6. The molecular weight excluding hydrogens is 665 g/mol. The first kappa shape index (κ1) is 37.4. The molecule has 4 atom stereocenters. The molecule has 17 nitrogen and oxygen atoms in total. The molecule has 13 N–H and O–H groups in total. The van der Waals surface area contributed by atoms with Crippen molar-refractivity contribution in [1.29, 1.82) is 0 Å². The van der Waals surface area contributed by atoms with Gasteiger partial charge in [-0.25, -0.2) is 19.0 Å². The van der Waals surface area contributed by atoms with Gasteiger partial charge in [-0.05, 0) is 42.2 Å². The Balaban J connectivity index is 1.57. The fraction of sp³-hybridized carbons (Fsp3) is 0.303. The van der Waals surface area contributed by atoms with E-state index in [-0.39, 0.29) is 44.6 Å². The van der Waals surface area contributed by atoms with Crippen LogP contribution in [0.2, 0.25) is 0 Å². The summed E-state index contributed by atoms with van der Waals surface area (Å²) in [6.07, 6.45) is 4.42. The number of carbonyl (C=O) groups is 5. The van der Waals surface area contributed by atoms with E-state index >= 15 is 0 Å². The van der Waals surface area contributed by atoms with Gasteiger partial charge in [0, 0.05) is 54.8 Å². The molecule has 0 aliphatic heterocycles. The first-order valence-electron chi connectivity index (χ1n) is 15.9. The van der Waals surface area contributed by atoms with Gasteiger partial charge in [0.05, 0.1) is 6.33 Å². The van der Waals surface area contributed by atoms with Crippen molar-refractivity contribution in [2.24, 2.45) is 22.2 Å². The number of carboxylic acid groups (broad SMARTS) is 1. The highest BCUT2D eigenvalue weighted by Gasteiger charge is 2.32. The summed E-state index contributed by atoms with van der Waals surface area (Å²) in [5.74, 6) is -4.42. The number of aliphatic imine (C=N–C) groups is 1. The van der Waals surface area contributed by atoms with Gasteiger partial charge < -0.3 is 53.5 Å². The quantitative estimate of drug-likeness (QED) is 0.0368. The lowest BCUT2D eigenvalue weighted by atomic mass is 10.0. The molecule has 0 aliphatic rings. The topological polar surface area (TPSA) is 289 Å². The molecule has 4 rings (SSSR count). The lowest BCUT2D eigenvalue weighted by Crippen LogP contribution is -2.59. The molecule has 5 amide bonds. The second-order valence-corrected chi connectivity index (χ2v) is 11.7. The van der Waals surface area contributed by atoms with Crippen molar-refractivity contribution < 1.29 is 33.5 Å². The van der Waals surface area contributed by atoms with Gasteiger partial charge in [0.1, 0.15) is 30.0 Å². The zero-order chi connectivity index (χ0) is 36.9. The SMILES string of the molecule is NC(=O)N[C@@H](Cc1cnc[nH]1)C(=O)N[C@H](Cc1ccc(F)cc1)C(=O)N[C@@H](CCCN=C(N)N)C(=O)N[C@@H](Cc1c[nH]c2ccccc12)C(=O)O. The molecule has 0 bridgehead atoms. The van der Waals surface area contributed by atoms with E-state index in [0.29, 0.717) is 16.8 Å². The maximum absolute atomic E-state index is 13.9. The largest absolute Gasteiger partial charge is 0.480 e. The monoisotopic (exact) mass is 705 g/mol. The average molecular weight is 706 g/mol. The highest BCUT2D eigenvalue weighted by Crippen LogP contribution is 2.19. The van der Waals surface area contributed by atoms with E-state index in [2.05, 4.69) is 41.2 Å². The van der Waals surface area contributed by atoms with Crippen molar-refractivity contribution in [2.45, 2.75) is 56.3 Å². The predicted molar refractivity (Wildman–Crippen MR) is 184 cm³/mol. The van der Waals surface area contributed by atoms with Crippen LogP contribution in [-0.4, -0.2) is 86.5 Å². The predicted octanol–water partition coefficient (Wildman–Crippen LogP) is -0.312. The highest BCUT2D eigenvalue weighted by molar-refractivity contribution is 5.95. The van der Waals surface area contributed by atoms with E-state index in [1.54, 1.807) is 12.3 Å². The van der Waals surface area contributed by atoms with Gasteiger partial charge in [0.25, 0.3) is 0 Å². The van der Waals surface area contributed by atoms with Crippen LogP contribution >= 0.6 is 0 Å². The van der Waals surface area contributed by atoms with Crippen LogP contribution in [0.4, 0.5) is 9.18 Å². The number of aromatic amines is 2. The third-order valence-electron chi connectivity index (χ3n) is 7.89. The molecule has 0 fully saturated rings. The number of urea groups is 1. The zero-order valence-electron chi connectivity index (χ0n) is 27.4. The van der Waals surface area contributed by atoms with Gasteiger partial charge in [0.2, 0.25) is 17.7 Å². The standard InChI is InChI=1S/C33H40FN11O6/c34-20-9-7-18(8-10-20)12-25(43-30(48)26(45-33(37)51)14-21-16-38-17-41-21)29(47)42-24(6-3-11-39-32(35)36)28(46)44-27(31(49)50)13-19-15-40-23-5-2-1-4-22(19)23/h1-2,4-5,7-10,15-17,24-27,40H,3,6,11-14H2,(H,38,41)(H,42,47)(H,43,48)(H,44,46)(H,49,50)(H4,35,36,39)(H3,37,45,51)/t24-,25+,26-,27-/m0/s1. The minimum absolute atomic E-state index is 0.0172. The Hall–Kier alpha value is -6.46. The van der Waals surface area contributed by atoms with Crippen molar-refractivity contribution in [2.75, 3.05) is 6.54 Å². The number of fused-ring (bicyclic) bond motifs is 1. The molecule has 4 aromatic rings. The second-order valence-electron chi connectivity index (χ2n) is 11.7. The first-order valence-corrected chi connectivity index (χ1v) is 15.9. The number of aliphatic carboxylic acids is 1. The Kier molecular flexibility index (Phi) is 13.0. The smallest absolute Gasteiger partial charge is 0.326 e. The van der Waals surface area contributed by atoms with Crippen LogP contribution in [0.3, 0.4) is 0 Å². The maximum Gasteiger partial charge on any atom is 0.326 e. The van der Waals surface area contributed by atoms with Gasteiger partial charge in [-0.15, -0.1) is 0 Å². The number of halogens is 1. The van der Waals surface area contributed by atoms with Crippen molar-refractivity contribution in [3.05, 3.63) is 89.9 Å². The van der Waals surface area contributed by atoms with Gasteiger partial charge in [0.15, 0.2) is 5.96 Å². The van der Waals surface area contributed by atoms with Crippen molar-refractivity contribution in [3.63, 3.8) is 0 Å². The first-order chi connectivity index (χ1) is 24.4. The lowest BCUT2D eigenvalue weighted by molar-refractivity contribution is -0.142. The molecule has 0 radical (unpaired) electrons. The van der Waals surface area contributed by atoms with E-state index in [0.717, 1.165) is 10.9 Å². The van der Waals surface area contributed by atoms with Crippen LogP contribution in [0.1, 0.15) is 29.7 Å². The minimum atomic E-state index is -1.37. The summed E-state index contributed by atoms with van der Waals surface area (Å²) in [6.45, 7) is 0.101. The molecule has 0 unspecified atom stereocenters. The second kappa shape index (κ2) is 17.8. The fourth-order valence-electron chi connectivity index (χ4n) is 5.37. The number of guanidine groups is 1. The Morgan fingerprint density at radius 3 is 2.10 bits per heavy atom. The van der Waals surface area contributed by atoms with Gasteiger partial charge in [-0.1, -0.05) is 30.3 Å². The summed E-state index contributed by atoms with van der Waals surface area (Å²) < 4.78 is 13.7. The number of hydrogen-bond acceptors (Lipinski definition) is 7. The Labute approximate surface area is 291 Å². The van der Waals surface area contributed by atoms with Crippen LogP contribution in [-0.2, 0) is 38.4 Å². The Morgan fingerprint density at radius 1 is 0.804 bits per heavy atom. The third-order valence-corrected chi connectivity index (χ3v) is 7.89. The number of imidazole rings is 1. The summed E-state index contributed by atoms with van der Waals surface area (Å²) in [4.78, 5) is 78.8. The third kappa shape index (κ3) is 11.3. The molecule has 51 heavy (non-hydrogen) atoms. The number of nitrogens with zero attached hydrogens (tertiary/aromatic N) is 2. The number of para-hydroxylation sites is 1. The molecule has 2 aromatic heterocycles. The molecular formula is C33H40FN11O6. The average Bonchev–Trinajstić information content (AvgIpc) is 3.75. The summed E-state index contributed by atoms with van der Waals surface area (Å²) in [5.41, 5.74) is 18.6. The number of benzene rings is 2. The van der Waals surface area contributed by atoms with Crippen LogP contribution in [0.15, 0.2) is 72.2 Å². The molecule has 18 heteroatoms. The lowest BCUT2D eigenvalue weighted by Gasteiger charge is -2.26. The normalized spacial score (nSPS) is 13.3. The maximum atomic E-state index is 13.9. The number of rotatable bonds is 18. The summed E-state index contributed by atoms with van der Waals surface area (Å²) in [6, 6.07) is 6.26. The number of nitrogens with two attached hydrogens (primary N) is 3. The van der Waals surface area contributed by atoms with Crippen LogP contribution in [0.5, 0.6) is 0 Å². The zero-order valence-corrected chi connectivity index (χ0v) is 27.4. The van der Waals surface area contributed by atoms with Crippen molar-refractivity contribution in [1.82, 2.24) is 36.2 Å². The van der Waals surface area contributed by atoms with Gasteiger partial charge >= 0.3 is 12.0 Å². The van der Waals surface area contributed by atoms with E-state index in [4.69, 9.17) is 17.2 Å². The minimum Gasteiger partial charge on any atom is -0.480 e. The molecule has 2 heterocycles. The van der Waals surface area contributed by atoms with Crippen LogP contribution in [0, 0.1) is 5.82 Å². The number of carboxylic acids is 1. The van der Waals surface area contributed by atoms with Gasteiger partial charge in [-0.2, -0.15) is 0 Å². The van der Waals surface area contributed by atoms with E-state index < -0.39 is 59.7 Å². The number of aromatic nitrogens is 3. The Morgan fingerprint density at radius 2 is 1.45 bits per heavy atom. The summed E-state index contributed by atoms with van der Waals surface area (Å²) in [5, 5.41) is 20.9. The van der Waals surface area contributed by atoms with Crippen molar-refractivity contribution >= 4 is 46.6 Å². The molecule has 0 saturated carbocycles. The number of hydrogen-bond donors (Lipinski definition) is 10. The number of amides is 5. The molecule has 0 saturated heterocycles. The van der Waals surface area contributed by atoms with Crippen LogP contribution in [0.25, 0.3) is 10.9 Å². The molecule has 2 aromatic carbocycles. The van der Waals surface area contributed by atoms with Crippen molar-refractivity contribution in [3.8, 4) is 0 Å². The molecule has 0 spiro atoms.